The molecule has 0 bridgehead atoms. The number of benzene rings is 1. The molecule has 0 aliphatic heterocycles. The van der Waals surface area contributed by atoms with Crippen LogP contribution in [0, 0.1) is 3.57 Å². The monoisotopic (exact) mass is 347 g/mol. The predicted molar refractivity (Wildman–Crippen MR) is 80.0 cm³/mol. The van der Waals surface area contributed by atoms with E-state index in [2.05, 4.69) is 33.2 Å². The number of nitrogens with two attached hydrogens (primary N) is 1. The minimum Gasteiger partial charge on any atom is -0.399 e. The summed E-state index contributed by atoms with van der Waals surface area (Å²) in [5, 5.41) is 6.03. The SMILES string of the molecule is CCCNC(=O)C(C)Nc1ccc(N)cc1I. The zero-order valence-corrected chi connectivity index (χ0v) is 12.2. The maximum absolute atomic E-state index is 11.7. The quantitative estimate of drug-likeness (QED) is 0.565. The second-order valence-electron chi connectivity index (χ2n) is 3.90. The van der Waals surface area contributed by atoms with E-state index in [1.807, 2.05) is 32.0 Å². The van der Waals surface area contributed by atoms with E-state index in [1.54, 1.807) is 0 Å². The molecule has 4 nitrogen and oxygen atoms in total. The lowest BCUT2D eigenvalue weighted by molar-refractivity contribution is -0.121. The van der Waals surface area contributed by atoms with Crippen molar-refractivity contribution in [2.24, 2.45) is 0 Å². The number of carbonyl (C=O) groups excluding carboxylic acids is 1. The van der Waals surface area contributed by atoms with E-state index in [-0.39, 0.29) is 11.9 Å². The lowest BCUT2D eigenvalue weighted by atomic mass is 10.2. The summed E-state index contributed by atoms with van der Waals surface area (Å²) in [4.78, 5) is 11.7. The van der Waals surface area contributed by atoms with Crippen LogP contribution in [-0.4, -0.2) is 18.5 Å². The van der Waals surface area contributed by atoms with Crippen LogP contribution < -0.4 is 16.4 Å². The van der Waals surface area contributed by atoms with Crippen molar-refractivity contribution in [3.8, 4) is 0 Å². The van der Waals surface area contributed by atoms with Crippen LogP contribution in [0.2, 0.25) is 0 Å². The molecular formula is C12H18IN3O. The highest BCUT2D eigenvalue weighted by Gasteiger charge is 2.12. The van der Waals surface area contributed by atoms with Gasteiger partial charge in [0.05, 0.1) is 0 Å². The van der Waals surface area contributed by atoms with Crippen molar-refractivity contribution in [2.45, 2.75) is 26.3 Å². The molecule has 0 fully saturated rings. The number of anilines is 2. The van der Waals surface area contributed by atoms with Gasteiger partial charge in [-0.3, -0.25) is 4.79 Å². The summed E-state index contributed by atoms with van der Waals surface area (Å²) in [6, 6.07) is 5.33. The zero-order valence-electron chi connectivity index (χ0n) is 10.1. The molecule has 17 heavy (non-hydrogen) atoms. The van der Waals surface area contributed by atoms with Gasteiger partial charge >= 0.3 is 0 Å². The first-order valence-electron chi connectivity index (χ1n) is 5.64. The second-order valence-corrected chi connectivity index (χ2v) is 5.06. The molecule has 0 aliphatic carbocycles. The molecule has 0 saturated carbocycles. The number of hydrogen-bond donors (Lipinski definition) is 3. The summed E-state index contributed by atoms with van der Waals surface area (Å²) in [7, 11) is 0. The first-order valence-corrected chi connectivity index (χ1v) is 6.71. The maximum Gasteiger partial charge on any atom is 0.242 e. The van der Waals surface area contributed by atoms with Crippen molar-refractivity contribution in [3.63, 3.8) is 0 Å². The Morgan fingerprint density at radius 1 is 1.53 bits per heavy atom. The van der Waals surface area contributed by atoms with E-state index in [0.717, 1.165) is 21.4 Å². The molecule has 1 unspecified atom stereocenters. The van der Waals surface area contributed by atoms with Gasteiger partial charge in [0.25, 0.3) is 0 Å². The molecule has 0 aliphatic rings. The van der Waals surface area contributed by atoms with E-state index in [4.69, 9.17) is 5.73 Å². The Balaban J connectivity index is 2.61. The molecule has 94 valence electrons. The number of carbonyl (C=O) groups is 1. The van der Waals surface area contributed by atoms with Gasteiger partial charge in [-0.15, -0.1) is 0 Å². The van der Waals surface area contributed by atoms with Gasteiger partial charge in [-0.1, -0.05) is 6.92 Å². The van der Waals surface area contributed by atoms with Crippen LogP contribution in [0.15, 0.2) is 18.2 Å². The first-order chi connectivity index (χ1) is 8.04. The molecule has 4 N–H and O–H groups in total. The molecule has 1 amide bonds. The summed E-state index contributed by atoms with van der Waals surface area (Å²) < 4.78 is 1.01. The predicted octanol–water partition coefficient (Wildman–Crippen LogP) is 2.20. The van der Waals surface area contributed by atoms with Crippen molar-refractivity contribution in [1.82, 2.24) is 5.32 Å². The Morgan fingerprint density at radius 3 is 2.82 bits per heavy atom. The van der Waals surface area contributed by atoms with E-state index >= 15 is 0 Å². The largest absolute Gasteiger partial charge is 0.399 e. The Labute approximate surface area is 115 Å². The lowest BCUT2D eigenvalue weighted by Gasteiger charge is -2.16. The van der Waals surface area contributed by atoms with Gasteiger partial charge in [-0.05, 0) is 54.1 Å². The Kier molecular flexibility index (Phi) is 5.54. The Bertz CT molecular complexity index is 395. The van der Waals surface area contributed by atoms with Gasteiger partial charge in [-0.25, -0.2) is 0 Å². The molecular weight excluding hydrogens is 329 g/mol. The summed E-state index contributed by atoms with van der Waals surface area (Å²) >= 11 is 2.20. The van der Waals surface area contributed by atoms with Crippen molar-refractivity contribution in [1.29, 1.82) is 0 Å². The Hall–Kier alpha value is -0.980. The van der Waals surface area contributed by atoms with Crippen LogP contribution in [0.25, 0.3) is 0 Å². The van der Waals surface area contributed by atoms with Gasteiger partial charge in [-0.2, -0.15) is 0 Å². The molecule has 0 saturated heterocycles. The van der Waals surface area contributed by atoms with Crippen molar-refractivity contribution < 1.29 is 4.79 Å². The number of amides is 1. The van der Waals surface area contributed by atoms with Gasteiger partial charge < -0.3 is 16.4 Å². The number of nitrogen functional groups attached to an aromatic ring is 1. The Morgan fingerprint density at radius 2 is 2.24 bits per heavy atom. The van der Waals surface area contributed by atoms with Gasteiger partial charge in [0.2, 0.25) is 5.91 Å². The van der Waals surface area contributed by atoms with Gasteiger partial charge in [0.15, 0.2) is 0 Å². The molecule has 0 spiro atoms. The highest BCUT2D eigenvalue weighted by molar-refractivity contribution is 14.1. The van der Waals surface area contributed by atoms with Crippen LogP contribution in [0.1, 0.15) is 20.3 Å². The minimum absolute atomic E-state index is 0.0134. The molecule has 0 radical (unpaired) electrons. The number of nitrogens with one attached hydrogen (secondary N) is 2. The topological polar surface area (TPSA) is 67.2 Å². The molecule has 1 rings (SSSR count). The highest BCUT2D eigenvalue weighted by Crippen LogP contribution is 2.21. The van der Waals surface area contributed by atoms with Crippen molar-refractivity contribution in [3.05, 3.63) is 21.8 Å². The fourth-order valence-corrected chi connectivity index (χ4v) is 2.04. The third kappa shape index (κ3) is 4.41. The normalized spacial score (nSPS) is 11.9. The van der Waals surface area contributed by atoms with Crippen LogP contribution in [0.3, 0.4) is 0 Å². The standard InChI is InChI=1S/C12H18IN3O/c1-3-6-15-12(17)8(2)16-11-5-4-9(14)7-10(11)13/h4-5,7-8,16H,3,6,14H2,1-2H3,(H,15,17). The average molecular weight is 347 g/mol. The third-order valence-corrected chi connectivity index (χ3v) is 3.20. The van der Waals surface area contributed by atoms with Crippen LogP contribution >= 0.6 is 22.6 Å². The van der Waals surface area contributed by atoms with E-state index in [1.165, 1.54) is 0 Å². The summed E-state index contributed by atoms with van der Waals surface area (Å²) in [6.07, 6.45) is 0.942. The number of rotatable bonds is 5. The average Bonchev–Trinajstić information content (AvgIpc) is 2.29. The van der Waals surface area contributed by atoms with Crippen LogP contribution in [0.4, 0.5) is 11.4 Å². The second kappa shape index (κ2) is 6.68. The lowest BCUT2D eigenvalue weighted by Crippen LogP contribution is -2.38. The smallest absolute Gasteiger partial charge is 0.242 e. The van der Waals surface area contributed by atoms with Crippen molar-refractivity contribution >= 4 is 39.9 Å². The van der Waals surface area contributed by atoms with E-state index in [9.17, 15) is 4.79 Å². The molecule has 5 heteroatoms. The first kappa shape index (κ1) is 14.1. The fourth-order valence-electron chi connectivity index (χ4n) is 1.35. The van der Waals surface area contributed by atoms with Gasteiger partial charge in [0, 0.05) is 21.5 Å². The zero-order chi connectivity index (χ0) is 12.8. The third-order valence-electron chi connectivity index (χ3n) is 2.31. The minimum atomic E-state index is -0.251. The number of halogens is 1. The molecule has 0 heterocycles. The number of hydrogen-bond acceptors (Lipinski definition) is 3. The maximum atomic E-state index is 11.7. The molecule has 1 aromatic rings. The summed E-state index contributed by atoms with van der Waals surface area (Å²) in [5.74, 6) is 0.0134. The fraction of sp³-hybridized carbons (Fsp3) is 0.417. The van der Waals surface area contributed by atoms with E-state index in [0.29, 0.717) is 6.54 Å². The van der Waals surface area contributed by atoms with Crippen LogP contribution in [-0.2, 0) is 4.79 Å². The van der Waals surface area contributed by atoms with Crippen molar-refractivity contribution in [2.75, 3.05) is 17.6 Å². The highest BCUT2D eigenvalue weighted by atomic mass is 127. The van der Waals surface area contributed by atoms with Crippen LogP contribution in [0.5, 0.6) is 0 Å². The summed E-state index contributed by atoms with van der Waals surface area (Å²) in [5.41, 5.74) is 7.33. The molecule has 0 aromatic heterocycles. The molecule has 1 atom stereocenters. The van der Waals surface area contributed by atoms with Gasteiger partial charge in [0.1, 0.15) is 6.04 Å². The van der Waals surface area contributed by atoms with E-state index < -0.39 is 0 Å². The summed E-state index contributed by atoms with van der Waals surface area (Å²) in [6.45, 7) is 4.59. The molecule has 1 aromatic carbocycles.